The minimum Gasteiger partial charge on any atom is -0.445 e. The lowest BCUT2D eigenvalue weighted by Crippen LogP contribution is -2.15. The molecule has 1 heterocycles. The van der Waals surface area contributed by atoms with E-state index in [-0.39, 0.29) is 12.1 Å². The Kier molecular flexibility index (Phi) is 3.49. The number of hydrogen-bond donors (Lipinski definition) is 1. The quantitative estimate of drug-likeness (QED) is 0.889. The van der Waals surface area contributed by atoms with Gasteiger partial charge < -0.3 is 9.73 Å². The first-order chi connectivity index (χ1) is 8.16. The van der Waals surface area contributed by atoms with E-state index in [0.717, 1.165) is 0 Å². The number of benzene rings is 1. The predicted molar refractivity (Wildman–Crippen MR) is 58.1 cm³/mol. The summed E-state index contributed by atoms with van der Waals surface area (Å²) in [5, 5.41) is 2.88. The topological polar surface area (TPSA) is 38.1 Å². The molecular weight excluding hydrogens is 226 g/mol. The van der Waals surface area contributed by atoms with Crippen molar-refractivity contribution in [1.29, 1.82) is 0 Å². The van der Waals surface area contributed by atoms with E-state index in [1.165, 1.54) is 18.2 Å². The normalized spacial score (nSPS) is 10.8. The number of oxazole rings is 1. The molecule has 0 bridgehead atoms. The smallest absolute Gasteiger partial charge is 0.208 e. The maximum atomic E-state index is 13.3. The second-order valence-corrected chi connectivity index (χ2v) is 3.67. The molecule has 5 heteroatoms. The van der Waals surface area contributed by atoms with Gasteiger partial charge in [-0.15, -0.1) is 0 Å². The summed E-state index contributed by atoms with van der Waals surface area (Å²) < 4.78 is 31.7. The SMILES string of the molecule is Cc1cnc(CNCc2c(F)cccc2F)o1. The van der Waals surface area contributed by atoms with Crippen molar-refractivity contribution in [2.75, 3.05) is 0 Å². The van der Waals surface area contributed by atoms with Gasteiger partial charge in [-0.2, -0.15) is 0 Å². The van der Waals surface area contributed by atoms with Crippen LogP contribution in [-0.2, 0) is 13.1 Å². The fourth-order valence-electron chi connectivity index (χ4n) is 1.48. The van der Waals surface area contributed by atoms with Crippen molar-refractivity contribution in [2.45, 2.75) is 20.0 Å². The van der Waals surface area contributed by atoms with Crippen LogP contribution in [0, 0.1) is 18.6 Å². The summed E-state index contributed by atoms with van der Waals surface area (Å²) in [5.41, 5.74) is 0.0239. The van der Waals surface area contributed by atoms with Crippen LogP contribution in [0.5, 0.6) is 0 Å². The van der Waals surface area contributed by atoms with Crippen molar-refractivity contribution >= 4 is 0 Å². The molecule has 1 aromatic carbocycles. The number of nitrogens with one attached hydrogen (secondary N) is 1. The monoisotopic (exact) mass is 238 g/mol. The number of aryl methyl sites for hydroxylation is 1. The van der Waals surface area contributed by atoms with Gasteiger partial charge in [0.2, 0.25) is 5.89 Å². The number of rotatable bonds is 4. The van der Waals surface area contributed by atoms with Crippen LogP contribution in [0.15, 0.2) is 28.8 Å². The molecule has 0 spiro atoms. The zero-order chi connectivity index (χ0) is 12.3. The predicted octanol–water partition coefficient (Wildman–Crippen LogP) is 2.55. The van der Waals surface area contributed by atoms with Crippen LogP contribution in [0.1, 0.15) is 17.2 Å². The van der Waals surface area contributed by atoms with Gasteiger partial charge in [-0.25, -0.2) is 13.8 Å². The van der Waals surface area contributed by atoms with E-state index >= 15 is 0 Å². The van der Waals surface area contributed by atoms with Gasteiger partial charge in [0.15, 0.2) is 0 Å². The molecule has 2 aromatic rings. The molecule has 0 atom stereocenters. The molecule has 3 nitrogen and oxygen atoms in total. The van der Waals surface area contributed by atoms with Gasteiger partial charge >= 0.3 is 0 Å². The van der Waals surface area contributed by atoms with Crippen LogP contribution in [0.4, 0.5) is 8.78 Å². The molecule has 2 rings (SSSR count). The molecule has 0 radical (unpaired) electrons. The maximum Gasteiger partial charge on any atom is 0.208 e. The highest BCUT2D eigenvalue weighted by Crippen LogP contribution is 2.11. The molecule has 0 amide bonds. The van der Waals surface area contributed by atoms with Crippen molar-refractivity contribution < 1.29 is 13.2 Å². The number of aromatic nitrogens is 1. The Balaban J connectivity index is 1.94. The largest absolute Gasteiger partial charge is 0.445 e. The lowest BCUT2D eigenvalue weighted by atomic mass is 10.2. The first-order valence-corrected chi connectivity index (χ1v) is 5.21. The number of halogens is 2. The molecule has 17 heavy (non-hydrogen) atoms. The molecule has 0 aliphatic carbocycles. The van der Waals surface area contributed by atoms with E-state index in [9.17, 15) is 8.78 Å². The van der Waals surface area contributed by atoms with E-state index in [2.05, 4.69) is 10.3 Å². The molecule has 1 aromatic heterocycles. The van der Waals surface area contributed by atoms with Crippen molar-refractivity contribution in [3.8, 4) is 0 Å². The van der Waals surface area contributed by atoms with Gasteiger partial charge in [0, 0.05) is 12.1 Å². The van der Waals surface area contributed by atoms with E-state index in [0.29, 0.717) is 18.2 Å². The molecule has 0 unspecified atom stereocenters. The summed E-state index contributed by atoms with van der Waals surface area (Å²) in [6, 6.07) is 3.80. The van der Waals surface area contributed by atoms with Gasteiger partial charge in [0.05, 0.1) is 12.7 Å². The van der Waals surface area contributed by atoms with Crippen LogP contribution in [0.2, 0.25) is 0 Å². The summed E-state index contributed by atoms with van der Waals surface area (Å²) in [7, 11) is 0. The molecule has 0 saturated carbocycles. The fraction of sp³-hybridized carbons (Fsp3) is 0.250. The standard InChI is InChI=1S/C12H12F2N2O/c1-8-5-16-12(17-8)7-15-6-9-10(13)3-2-4-11(9)14/h2-5,15H,6-7H2,1H3. The van der Waals surface area contributed by atoms with Gasteiger partial charge in [0.1, 0.15) is 17.4 Å². The third-order valence-electron chi connectivity index (χ3n) is 2.31. The Hall–Kier alpha value is -1.75. The van der Waals surface area contributed by atoms with Crippen LogP contribution in [0.25, 0.3) is 0 Å². The molecule has 1 N–H and O–H groups in total. The van der Waals surface area contributed by atoms with Crippen LogP contribution < -0.4 is 5.32 Å². The highest BCUT2D eigenvalue weighted by molar-refractivity contribution is 5.19. The molecular formula is C12H12F2N2O. The Labute approximate surface area is 97.5 Å². The Morgan fingerprint density at radius 3 is 2.53 bits per heavy atom. The molecule has 0 aliphatic rings. The van der Waals surface area contributed by atoms with E-state index in [1.54, 1.807) is 13.1 Å². The Morgan fingerprint density at radius 1 is 1.24 bits per heavy atom. The van der Waals surface area contributed by atoms with E-state index < -0.39 is 11.6 Å². The minimum absolute atomic E-state index is 0.0239. The summed E-state index contributed by atoms with van der Waals surface area (Å²) in [6.45, 7) is 2.22. The molecule has 0 fully saturated rings. The molecule has 0 aliphatic heterocycles. The van der Waals surface area contributed by atoms with Crippen molar-refractivity contribution in [2.24, 2.45) is 0 Å². The number of hydrogen-bond acceptors (Lipinski definition) is 3. The zero-order valence-electron chi connectivity index (χ0n) is 9.34. The fourth-order valence-corrected chi connectivity index (χ4v) is 1.48. The minimum atomic E-state index is -0.555. The van der Waals surface area contributed by atoms with Gasteiger partial charge in [0.25, 0.3) is 0 Å². The number of nitrogens with zero attached hydrogens (tertiary/aromatic N) is 1. The summed E-state index contributed by atoms with van der Waals surface area (Å²) >= 11 is 0. The first-order valence-electron chi connectivity index (χ1n) is 5.21. The third-order valence-corrected chi connectivity index (χ3v) is 2.31. The van der Waals surface area contributed by atoms with Crippen molar-refractivity contribution in [3.63, 3.8) is 0 Å². The lowest BCUT2D eigenvalue weighted by molar-refractivity contribution is 0.443. The highest BCUT2D eigenvalue weighted by Gasteiger charge is 2.08. The summed E-state index contributed by atoms with van der Waals surface area (Å²) in [4.78, 5) is 3.98. The first kappa shape index (κ1) is 11.7. The summed E-state index contributed by atoms with van der Waals surface area (Å²) in [6.07, 6.45) is 1.60. The Bertz CT molecular complexity index is 491. The zero-order valence-corrected chi connectivity index (χ0v) is 9.34. The lowest BCUT2D eigenvalue weighted by Gasteiger charge is -2.05. The average molecular weight is 238 g/mol. The third kappa shape index (κ3) is 2.88. The van der Waals surface area contributed by atoms with Gasteiger partial charge in [-0.1, -0.05) is 6.07 Å². The second-order valence-electron chi connectivity index (χ2n) is 3.67. The van der Waals surface area contributed by atoms with Crippen molar-refractivity contribution in [1.82, 2.24) is 10.3 Å². The van der Waals surface area contributed by atoms with Gasteiger partial charge in [-0.3, -0.25) is 0 Å². The average Bonchev–Trinajstić information content (AvgIpc) is 2.69. The maximum absolute atomic E-state index is 13.3. The Morgan fingerprint density at radius 2 is 1.94 bits per heavy atom. The van der Waals surface area contributed by atoms with Crippen LogP contribution >= 0.6 is 0 Å². The van der Waals surface area contributed by atoms with E-state index in [4.69, 9.17) is 4.42 Å². The van der Waals surface area contributed by atoms with Crippen molar-refractivity contribution in [3.05, 3.63) is 53.2 Å². The van der Waals surface area contributed by atoms with E-state index in [1.807, 2.05) is 0 Å². The second kappa shape index (κ2) is 5.05. The molecule has 90 valence electrons. The highest BCUT2D eigenvalue weighted by atomic mass is 19.1. The van der Waals surface area contributed by atoms with Crippen LogP contribution in [-0.4, -0.2) is 4.98 Å². The van der Waals surface area contributed by atoms with Crippen LogP contribution in [0.3, 0.4) is 0 Å². The summed E-state index contributed by atoms with van der Waals surface area (Å²) in [5.74, 6) is 0.0975. The molecule has 0 saturated heterocycles. The van der Waals surface area contributed by atoms with Gasteiger partial charge in [-0.05, 0) is 19.1 Å².